The van der Waals surface area contributed by atoms with E-state index in [1.165, 1.54) is 0 Å². The number of methoxy groups -OCH3 is 1. The highest BCUT2D eigenvalue weighted by atomic mass is 35.5. The normalized spacial score (nSPS) is 11.8. The van der Waals surface area contributed by atoms with Crippen LogP contribution in [0.25, 0.3) is 0 Å². The third-order valence-corrected chi connectivity index (χ3v) is 4.23. The van der Waals surface area contributed by atoms with Crippen molar-refractivity contribution in [2.24, 2.45) is 0 Å². The molecular formula is C18H20Cl2N2O2. The lowest BCUT2D eigenvalue weighted by Gasteiger charge is -2.16. The molecule has 1 amide bonds. The molecule has 2 rings (SSSR count). The fourth-order valence-corrected chi connectivity index (χ4v) is 2.89. The van der Waals surface area contributed by atoms with Crippen molar-refractivity contribution in [3.05, 3.63) is 63.6 Å². The number of ether oxygens (including phenoxy) is 1. The number of carbonyl (C=O) groups is 1. The van der Waals surface area contributed by atoms with Gasteiger partial charge in [0.15, 0.2) is 0 Å². The third-order valence-electron chi connectivity index (χ3n) is 3.67. The first-order valence-electron chi connectivity index (χ1n) is 7.58. The average Bonchev–Trinajstić information content (AvgIpc) is 2.58. The Kier molecular flexibility index (Phi) is 6.91. The van der Waals surface area contributed by atoms with Gasteiger partial charge in [-0.25, -0.2) is 0 Å². The van der Waals surface area contributed by atoms with Crippen LogP contribution in [0.4, 0.5) is 0 Å². The SMILES string of the molecule is COc1ccccc1CNC(=O)CN[C@H](C)c1ccc(Cl)cc1Cl. The molecule has 0 aliphatic rings. The maximum atomic E-state index is 12.0. The summed E-state index contributed by atoms with van der Waals surface area (Å²) < 4.78 is 5.26. The van der Waals surface area contributed by atoms with Gasteiger partial charge >= 0.3 is 0 Å². The van der Waals surface area contributed by atoms with Gasteiger partial charge in [0.2, 0.25) is 5.91 Å². The summed E-state index contributed by atoms with van der Waals surface area (Å²) in [6.45, 7) is 2.55. The van der Waals surface area contributed by atoms with E-state index in [1.807, 2.05) is 37.3 Å². The van der Waals surface area contributed by atoms with Crippen LogP contribution in [-0.2, 0) is 11.3 Å². The number of halogens is 2. The molecule has 128 valence electrons. The van der Waals surface area contributed by atoms with E-state index >= 15 is 0 Å². The van der Waals surface area contributed by atoms with E-state index in [1.54, 1.807) is 19.2 Å². The van der Waals surface area contributed by atoms with Crippen LogP contribution in [0.5, 0.6) is 5.75 Å². The Labute approximate surface area is 152 Å². The van der Waals surface area contributed by atoms with Crippen molar-refractivity contribution in [3.63, 3.8) is 0 Å². The second-order valence-corrected chi connectivity index (χ2v) is 6.20. The minimum Gasteiger partial charge on any atom is -0.496 e. The maximum Gasteiger partial charge on any atom is 0.234 e. The van der Waals surface area contributed by atoms with E-state index in [4.69, 9.17) is 27.9 Å². The molecular weight excluding hydrogens is 347 g/mol. The van der Waals surface area contributed by atoms with E-state index in [9.17, 15) is 4.79 Å². The van der Waals surface area contributed by atoms with E-state index < -0.39 is 0 Å². The molecule has 2 aromatic carbocycles. The van der Waals surface area contributed by atoms with Crippen LogP contribution in [0.2, 0.25) is 10.0 Å². The van der Waals surface area contributed by atoms with Crippen molar-refractivity contribution in [2.75, 3.05) is 13.7 Å². The molecule has 0 unspecified atom stereocenters. The lowest BCUT2D eigenvalue weighted by molar-refractivity contribution is -0.120. The van der Waals surface area contributed by atoms with E-state index in [0.29, 0.717) is 16.6 Å². The van der Waals surface area contributed by atoms with Crippen LogP contribution < -0.4 is 15.4 Å². The van der Waals surface area contributed by atoms with Crippen molar-refractivity contribution >= 4 is 29.1 Å². The number of rotatable bonds is 7. The van der Waals surface area contributed by atoms with Gasteiger partial charge in [-0.05, 0) is 30.7 Å². The summed E-state index contributed by atoms with van der Waals surface area (Å²) in [5.74, 6) is 0.657. The minimum atomic E-state index is -0.0992. The molecule has 1 atom stereocenters. The molecule has 0 aliphatic carbocycles. The highest BCUT2D eigenvalue weighted by Crippen LogP contribution is 2.25. The number of hydrogen-bond acceptors (Lipinski definition) is 3. The highest BCUT2D eigenvalue weighted by Gasteiger charge is 2.11. The van der Waals surface area contributed by atoms with Crippen LogP contribution in [0.1, 0.15) is 24.1 Å². The first kappa shape index (κ1) is 18.6. The second-order valence-electron chi connectivity index (χ2n) is 5.36. The molecule has 2 aromatic rings. The van der Waals surface area contributed by atoms with Gasteiger partial charge in [-0.1, -0.05) is 47.5 Å². The summed E-state index contributed by atoms with van der Waals surface area (Å²) in [4.78, 5) is 12.0. The number of hydrogen-bond donors (Lipinski definition) is 2. The van der Waals surface area contributed by atoms with Gasteiger partial charge in [-0.3, -0.25) is 4.79 Å². The number of nitrogens with one attached hydrogen (secondary N) is 2. The zero-order valence-corrected chi connectivity index (χ0v) is 15.1. The van der Waals surface area contributed by atoms with Gasteiger partial charge in [0.25, 0.3) is 0 Å². The lowest BCUT2D eigenvalue weighted by atomic mass is 10.1. The van der Waals surface area contributed by atoms with Crippen LogP contribution in [0, 0.1) is 0 Å². The van der Waals surface area contributed by atoms with E-state index in [0.717, 1.165) is 16.9 Å². The molecule has 24 heavy (non-hydrogen) atoms. The molecule has 6 heteroatoms. The van der Waals surface area contributed by atoms with Crippen LogP contribution in [0.15, 0.2) is 42.5 Å². The van der Waals surface area contributed by atoms with Crippen molar-refractivity contribution in [1.29, 1.82) is 0 Å². The number of para-hydroxylation sites is 1. The Balaban J connectivity index is 1.84. The average molecular weight is 367 g/mol. The van der Waals surface area contributed by atoms with E-state index in [-0.39, 0.29) is 18.5 Å². The number of carbonyl (C=O) groups excluding carboxylic acids is 1. The number of benzene rings is 2. The summed E-state index contributed by atoms with van der Waals surface area (Å²) >= 11 is 12.1. The Hall–Kier alpha value is -1.75. The standard InChI is InChI=1S/C18H20Cl2N2O2/c1-12(15-8-7-14(19)9-16(15)20)21-11-18(23)22-10-13-5-3-4-6-17(13)24-2/h3-9,12,21H,10-11H2,1-2H3,(H,22,23)/t12-/m1/s1. The monoisotopic (exact) mass is 366 g/mol. The summed E-state index contributed by atoms with van der Waals surface area (Å²) in [6.07, 6.45) is 0. The molecule has 0 saturated heterocycles. The van der Waals surface area contributed by atoms with Gasteiger partial charge in [-0.15, -0.1) is 0 Å². The lowest BCUT2D eigenvalue weighted by Crippen LogP contribution is -2.34. The van der Waals surface area contributed by atoms with Crippen molar-refractivity contribution in [1.82, 2.24) is 10.6 Å². The van der Waals surface area contributed by atoms with Crippen LogP contribution >= 0.6 is 23.2 Å². The quantitative estimate of drug-likeness (QED) is 0.779. The number of amides is 1. The highest BCUT2D eigenvalue weighted by molar-refractivity contribution is 6.35. The Morgan fingerprint density at radius 2 is 1.96 bits per heavy atom. The summed E-state index contributed by atoms with van der Waals surface area (Å²) in [6, 6.07) is 12.9. The third kappa shape index (κ3) is 5.13. The Bertz CT molecular complexity index is 707. The van der Waals surface area contributed by atoms with Gasteiger partial charge in [-0.2, -0.15) is 0 Å². The molecule has 0 aromatic heterocycles. The first-order valence-corrected chi connectivity index (χ1v) is 8.33. The zero-order valence-electron chi connectivity index (χ0n) is 13.6. The smallest absolute Gasteiger partial charge is 0.234 e. The molecule has 0 heterocycles. The molecule has 4 nitrogen and oxygen atoms in total. The molecule has 0 spiro atoms. The van der Waals surface area contributed by atoms with Gasteiger partial charge in [0.1, 0.15) is 5.75 Å². The fourth-order valence-electron chi connectivity index (χ4n) is 2.31. The molecule has 2 N–H and O–H groups in total. The largest absolute Gasteiger partial charge is 0.496 e. The first-order chi connectivity index (χ1) is 11.5. The molecule has 0 bridgehead atoms. The Morgan fingerprint density at radius 3 is 2.67 bits per heavy atom. The van der Waals surface area contributed by atoms with Crippen molar-refractivity contribution < 1.29 is 9.53 Å². The topological polar surface area (TPSA) is 50.4 Å². The van der Waals surface area contributed by atoms with Crippen LogP contribution in [0.3, 0.4) is 0 Å². The summed E-state index contributed by atoms with van der Waals surface area (Å²) in [5, 5.41) is 7.19. The summed E-state index contributed by atoms with van der Waals surface area (Å²) in [7, 11) is 1.61. The van der Waals surface area contributed by atoms with Gasteiger partial charge in [0, 0.05) is 28.2 Å². The molecule has 0 saturated carbocycles. The predicted molar refractivity (Wildman–Crippen MR) is 97.7 cm³/mol. The molecule has 0 aliphatic heterocycles. The fraction of sp³-hybridized carbons (Fsp3) is 0.278. The Morgan fingerprint density at radius 1 is 1.21 bits per heavy atom. The predicted octanol–water partition coefficient (Wildman–Crippen LogP) is 3.97. The van der Waals surface area contributed by atoms with E-state index in [2.05, 4.69) is 10.6 Å². The van der Waals surface area contributed by atoms with Gasteiger partial charge < -0.3 is 15.4 Å². The molecule has 0 radical (unpaired) electrons. The maximum absolute atomic E-state index is 12.0. The molecule has 0 fully saturated rings. The zero-order chi connectivity index (χ0) is 17.5. The van der Waals surface area contributed by atoms with Crippen LogP contribution in [-0.4, -0.2) is 19.6 Å². The minimum absolute atomic E-state index is 0.0632. The van der Waals surface area contributed by atoms with Gasteiger partial charge in [0.05, 0.1) is 13.7 Å². The van der Waals surface area contributed by atoms with Crippen molar-refractivity contribution in [2.45, 2.75) is 19.5 Å². The summed E-state index contributed by atoms with van der Waals surface area (Å²) in [5.41, 5.74) is 1.83. The van der Waals surface area contributed by atoms with Crippen molar-refractivity contribution in [3.8, 4) is 5.75 Å². The second kappa shape index (κ2) is 8.92.